The summed E-state index contributed by atoms with van der Waals surface area (Å²) in [6, 6.07) is 7.55. The molecule has 3 aromatic rings. The topological polar surface area (TPSA) is 77.8 Å². The third kappa shape index (κ3) is 2.03. The van der Waals surface area contributed by atoms with Crippen molar-refractivity contribution >= 4 is 5.69 Å². The first kappa shape index (κ1) is 12.3. The largest absolute Gasteiger partial charge is 0.398 e. The number of nitrogens with zero attached hydrogens (tertiary/aromatic N) is 3. The van der Waals surface area contributed by atoms with Gasteiger partial charge in [-0.2, -0.15) is 4.98 Å². The van der Waals surface area contributed by atoms with E-state index in [9.17, 15) is 0 Å². The SMILES string of the molecule is Cc1ccncc1-c1noc(-c2cccc(N)c2C)n1. The minimum absolute atomic E-state index is 0.466. The van der Waals surface area contributed by atoms with Gasteiger partial charge in [0, 0.05) is 29.2 Å². The van der Waals surface area contributed by atoms with Gasteiger partial charge in [0.05, 0.1) is 0 Å². The highest BCUT2D eigenvalue weighted by Gasteiger charge is 2.14. The number of rotatable bonds is 2. The highest BCUT2D eigenvalue weighted by molar-refractivity contribution is 5.68. The van der Waals surface area contributed by atoms with Crippen molar-refractivity contribution in [3.63, 3.8) is 0 Å². The molecule has 0 fully saturated rings. The van der Waals surface area contributed by atoms with Crippen LogP contribution < -0.4 is 5.73 Å². The highest BCUT2D eigenvalue weighted by Crippen LogP contribution is 2.28. The van der Waals surface area contributed by atoms with Crippen LogP contribution >= 0.6 is 0 Å². The summed E-state index contributed by atoms with van der Waals surface area (Å²) in [7, 11) is 0. The van der Waals surface area contributed by atoms with E-state index in [1.54, 1.807) is 12.4 Å². The molecule has 0 bridgehead atoms. The van der Waals surface area contributed by atoms with Gasteiger partial charge in [0.15, 0.2) is 0 Å². The van der Waals surface area contributed by atoms with Crippen molar-refractivity contribution in [3.05, 3.63) is 47.8 Å². The summed E-state index contributed by atoms with van der Waals surface area (Å²) in [5, 5.41) is 4.03. The number of hydrogen-bond acceptors (Lipinski definition) is 5. The fourth-order valence-corrected chi connectivity index (χ4v) is 2.03. The molecule has 0 radical (unpaired) electrons. The summed E-state index contributed by atoms with van der Waals surface area (Å²) < 4.78 is 5.35. The molecule has 0 spiro atoms. The standard InChI is InChI=1S/C15H14N4O/c1-9-6-7-17-8-12(9)14-18-15(20-19-14)11-4-3-5-13(16)10(11)2/h3-8H,16H2,1-2H3. The van der Waals surface area contributed by atoms with Crippen LogP contribution in [0.15, 0.2) is 41.2 Å². The molecule has 0 saturated heterocycles. The Kier molecular flexibility index (Phi) is 2.95. The second kappa shape index (κ2) is 4.77. The highest BCUT2D eigenvalue weighted by atomic mass is 16.5. The number of nitrogen functional groups attached to an aromatic ring is 1. The Bertz CT molecular complexity index is 764. The van der Waals surface area contributed by atoms with Gasteiger partial charge in [-0.25, -0.2) is 0 Å². The van der Waals surface area contributed by atoms with Crippen LogP contribution in [0.1, 0.15) is 11.1 Å². The van der Waals surface area contributed by atoms with Crippen LogP contribution in [0.5, 0.6) is 0 Å². The number of nitrogens with two attached hydrogens (primary N) is 1. The quantitative estimate of drug-likeness (QED) is 0.721. The Morgan fingerprint density at radius 3 is 2.75 bits per heavy atom. The van der Waals surface area contributed by atoms with Crippen LogP contribution in [0.3, 0.4) is 0 Å². The second-order valence-corrected chi connectivity index (χ2v) is 4.63. The maximum Gasteiger partial charge on any atom is 0.258 e. The van der Waals surface area contributed by atoms with Crippen molar-refractivity contribution in [2.24, 2.45) is 0 Å². The molecule has 100 valence electrons. The van der Waals surface area contributed by atoms with Gasteiger partial charge >= 0.3 is 0 Å². The third-order valence-corrected chi connectivity index (χ3v) is 3.31. The Morgan fingerprint density at radius 2 is 1.95 bits per heavy atom. The molecular formula is C15H14N4O. The molecule has 5 heteroatoms. The molecule has 0 amide bonds. The first-order valence-electron chi connectivity index (χ1n) is 6.27. The summed E-state index contributed by atoms with van der Waals surface area (Å²) >= 11 is 0. The van der Waals surface area contributed by atoms with Crippen molar-refractivity contribution in [1.82, 2.24) is 15.1 Å². The molecule has 0 saturated carbocycles. The van der Waals surface area contributed by atoms with Gasteiger partial charge in [-0.15, -0.1) is 0 Å². The Hall–Kier alpha value is -2.69. The van der Waals surface area contributed by atoms with Gasteiger partial charge in [0.25, 0.3) is 5.89 Å². The van der Waals surface area contributed by atoms with Crippen molar-refractivity contribution in [2.75, 3.05) is 5.73 Å². The zero-order valence-electron chi connectivity index (χ0n) is 11.3. The molecule has 0 aliphatic carbocycles. The van der Waals surface area contributed by atoms with Crippen LogP contribution in [-0.4, -0.2) is 15.1 Å². The predicted octanol–water partition coefficient (Wildman–Crippen LogP) is 3.00. The molecule has 0 atom stereocenters. The number of benzene rings is 1. The van der Waals surface area contributed by atoms with E-state index < -0.39 is 0 Å². The molecule has 3 rings (SSSR count). The van der Waals surface area contributed by atoms with E-state index in [0.717, 1.165) is 22.3 Å². The molecule has 2 aromatic heterocycles. The van der Waals surface area contributed by atoms with E-state index in [-0.39, 0.29) is 0 Å². The zero-order chi connectivity index (χ0) is 14.1. The Morgan fingerprint density at radius 1 is 1.10 bits per heavy atom. The smallest absolute Gasteiger partial charge is 0.258 e. The van der Waals surface area contributed by atoms with Crippen LogP contribution in [0.4, 0.5) is 5.69 Å². The summed E-state index contributed by atoms with van der Waals surface area (Å²) in [6.07, 6.45) is 3.47. The minimum atomic E-state index is 0.466. The van der Waals surface area contributed by atoms with E-state index in [2.05, 4.69) is 15.1 Å². The number of aromatic nitrogens is 3. The Balaban J connectivity index is 2.07. The zero-order valence-corrected chi connectivity index (χ0v) is 11.3. The van der Waals surface area contributed by atoms with E-state index in [4.69, 9.17) is 10.3 Å². The second-order valence-electron chi connectivity index (χ2n) is 4.63. The molecular weight excluding hydrogens is 252 g/mol. The van der Waals surface area contributed by atoms with Crippen molar-refractivity contribution < 1.29 is 4.52 Å². The number of hydrogen-bond donors (Lipinski definition) is 1. The summed E-state index contributed by atoms with van der Waals surface area (Å²) in [5.74, 6) is 1.00. The van der Waals surface area contributed by atoms with Crippen LogP contribution in [0, 0.1) is 13.8 Å². The molecule has 20 heavy (non-hydrogen) atoms. The van der Waals surface area contributed by atoms with Crippen molar-refractivity contribution in [2.45, 2.75) is 13.8 Å². The molecule has 5 nitrogen and oxygen atoms in total. The first-order valence-corrected chi connectivity index (χ1v) is 6.27. The lowest BCUT2D eigenvalue weighted by Gasteiger charge is -2.03. The van der Waals surface area contributed by atoms with Crippen LogP contribution in [-0.2, 0) is 0 Å². The van der Waals surface area contributed by atoms with Crippen LogP contribution in [0.2, 0.25) is 0 Å². The number of pyridine rings is 1. The molecule has 2 N–H and O–H groups in total. The molecule has 0 aliphatic heterocycles. The predicted molar refractivity (Wildman–Crippen MR) is 76.9 cm³/mol. The molecule has 0 unspecified atom stereocenters. The average molecular weight is 266 g/mol. The van der Waals surface area contributed by atoms with Crippen LogP contribution in [0.25, 0.3) is 22.8 Å². The summed E-state index contributed by atoms with van der Waals surface area (Å²) in [5.41, 5.74) is 10.3. The lowest BCUT2D eigenvalue weighted by atomic mass is 10.1. The monoisotopic (exact) mass is 266 g/mol. The summed E-state index contributed by atoms with van der Waals surface area (Å²) in [4.78, 5) is 8.53. The van der Waals surface area contributed by atoms with Gasteiger partial charge in [-0.1, -0.05) is 11.2 Å². The molecule has 2 heterocycles. The fourth-order valence-electron chi connectivity index (χ4n) is 2.03. The van der Waals surface area contributed by atoms with Crippen molar-refractivity contribution in [1.29, 1.82) is 0 Å². The van der Waals surface area contributed by atoms with Gasteiger partial charge in [-0.05, 0) is 43.2 Å². The van der Waals surface area contributed by atoms with E-state index in [0.29, 0.717) is 17.4 Å². The Labute approximate surface area is 116 Å². The minimum Gasteiger partial charge on any atom is -0.398 e. The van der Waals surface area contributed by atoms with Gasteiger partial charge in [0.1, 0.15) is 0 Å². The normalized spacial score (nSPS) is 10.7. The average Bonchev–Trinajstić information content (AvgIpc) is 2.92. The van der Waals surface area contributed by atoms with E-state index in [1.807, 2.05) is 38.1 Å². The van der Waals surface area contributed by atoms with E-state index >= 15 is 0 Å². The maximum atomic E-state index is 5.90. The number of aryl methyl sites for hydroxylation is 1. The molecule has 0 aliphatic rings. The maximum absolute atomic E-state index is 5.90. The number of anilines is 1. The van der Waals surface area contributed by atoms with Gasteiger partial charge in [-0.3, -0.25) is 4.98 Å². The van der Waals surface area contributed by atoms with Crippen molar-refractivity contribution in [3.8, 4) is 22.8 Å². The van der Waals surface area contributed by atoms with Gasteiger partial charge in [0.2, 0.25) is 5.82 Å². The lowest BCUT2D eigenvalue weighted by molar-refractivity contribution is 0.432. The molecule has 1 aromatic carbocycles. The summed E-state index contributed by atoms with van der Waals surface area (Å²) in [6.45, 7) is 3.92. The van der Waals surface area contributed by atoms with Gasteiger partial charge < -0.3 is 10.3 Å². The first-order chi connectivity index (χ1) is 9.66. The lowest BCUT2D eigenvalue weighted by Crippen LogP contribution is -1.92. The van der Waals surface area contributed by atoms with E-state index in [1.165, 1.54) is 0 Å². The third-order valence-electron chi connectivity index (χ3n) is 3.31. The fraction of sp³-hybridized carbons (Fsp3) is 0.133.